The van der Waals surface area contributed by atoms with E-state index in [4.69, 9.17) is 4.74 Å². The molecule has 0 aliphatic heterocycles. The van der Waals surface area contributed by atoms with Crippen molar-refractivity contribution in [2.24, 2.45) is 0 Å². The summed E-state index contributed by atoms with van der Waals surface area (Å²) in [5.41, 5.74) is -0.511. The second-order valence-electron chi connectivity index (χ2n) is 7.44. The highest BCUT2D eigenvalue weighted by atomic mass is 19.4. The largest absolute Gasteiger partial charge is 0.545 e. The molecule has 1 N–H and O–H groups in total. The highest BCUT2D eigenvalue weighted by molar-refractivity contribution is 5.90. The van der Waals surface area contributed by atoms with Gasteiger partial charge >= 0.3 is 18.2 Å². The van der Waals surface area contributed by atoms with E-state index in [1.807, 2.05) is 5.32 Å². The number of hydrogen-bond donors (Lipinski definition) is 1. The number of benzene rings is 2. The average Bonchev–Trinajstić information content (AvgIpc) is 2.82. The minimum absolute atomic E-state index is 0.128. The zero-order valence-corrected chi connectivity index (χ0v) is 18.8. The first-order chi connectivity index (χ1) is 16.9. The molecule has 0 saturated carbocycles. The third-order valence-electron chi connectivity index (χ3n) is 4.73. The number of amides is 2. The topological polar surface area (TPSA) is 125 Å². The molecule has 0 aliphatic rings. The fraction of sp³-hybridized carbons (Fsp3) is 0.304. The number of methoxy groups -OCH3 is 1. The van der Waals surface area contributed by atoms with E-state index in [1.54, 1.807) is 30.3 Å². The maximum Gasteiger partial charge on any atom is 0.408 e. The Bertz CT molecular complexity index is 1090. The van der Waals surface area contributed by atoms with Gasteiger partial charge < -0.3 is 29.6 Å². The number of nitrogens with zero attached hydrogens (tertiary/aromatic N) is 1. The van der Waals surface area contributed by atoms with E-state index < -0.39 is 72.6 Å². The molecule has 36 heavy (non-hydrogen) atoms. The Labute approximate surface area is 202 Å². The van der Waals surface area contributed by atoms with Gasteiger partial charge in [0.15, 0.2) is 0 Å². The zero-order chi connectivity index (χ0) is 26.9. The van der Waals surface area contributed by atoms with Crippen LogP contribution < -0.4 is 10.4 Å². The molecule has 0 aromatic heterocycles. The predicted octanol–water partition coefficient (Wildman–Crippen LogP) is 1.94. The number of carbonyl (C=O) groups is 4. The number of alkyl carbamates (subject to hydrolysis) is 1. The van der Waals surface area contributed by atoms with Crippen LogP contribution in [0.5, 0.6) is 0 Å². The molecule has 0 aliphatic carbocycles. The summed E-state index contributed by atoms with van der Waals surface area (Å²) in [7, 11) is 0.964. The molecular weight excluding hydrogens is 492 g/mol. The van der Waals surface area contributed by atoms with Crippen molar-refractivity contribution in [1.29, 1.82) is 0 Å². The fourth-order valence-electron chi connectivity index (χ4n) is 3.03. The lowest BCUT2D eigenvalue weighted by atomic mass is 10.1. The average molecular weight is 513 g/mol. The Kier molecular flexibility index (Phi) is 9.76. The van der Waals surface area contributed by atoms with Gasteiger partial charge in [0.2, 0.25) is 5.91 Å². The van der Waals surface area contributed by atoms with Crippen molar-refractivity contribution in [3.8, 4) is 0 Å². The van der Waals surface area contributed by atoms with Crippen LogP contribution in [-0.2, 0) is 32.2 Å². The van der Waals surface area contributed by atoms with E-state index in [2.05, 4.69) is 4.74 Å². The fourth-order valence-corrected chi connectivity index (χ4v) is 3.03. The summed E-state index contributed by atoms with van der Waals surface area (Å²) < 4.78 is 63.4. The number of carboxylic acid groups (broad SMARTS) is 1. The lowest BCUT2D eigenvalue weighted by molar-refractivity contribution is -0.255. The molecule has 2 aromatic carbocycles. The predicted molar refractivity (Wildman–Crippen MR) is 112 cm³/mol. The SMILES string of the molecule is COC(=O)CC(NC(=O)OCc1ccccc1)C(=O)N(Cc1cc(C(=O)[O-])ccc1F)CC(F)(F)F. The van der Waals surface area contributed by atoms with E-state index in [0.29, 0.717) is 11.6 Å². The van der Waals surface area contributed by atoms with Crippen molar-refractivity contribution >= 4 is 23.9 Å². The van der Waals surface area contributed by atoms with Gasteiger partial charge in [-0.25, -0.2) is 9.18 Å². The number of esters is 1. The third kappa shape index (κ3) is 8.89. The van der Waals surface area contributed by atoms with Gasteiger partial charge in [-0.3, -0.25) is 9.59 Å². The summed E-state index contributed by atoms with van der Waals surface area (Å²) in [6, 6.07) is 8.71. The molecule has 2 amide bonds. The van der Waals surface area contributed by atoms with Crippen LogP contribution >= 0.6 is 0 Å². The maximum atomic E-state index is 14.2. The van der Waals surface area contributed by atoms with E-state index >= 15 is 0 Å². The Morgan fingerprint density at radius 1 is 1.08 bits per heavy atom. The monoisotopic (exact) mass is 513 g/mol. The molecule has 13 heteroatoms. The molecule has 0 heterocycles. The molecule has 1 unspecified atom stereocenters. The quantitative estimate of drug-likeness (QED) is 0.380. The third-order valence-corrected chi connectivity index (χ3v) is 4.73. The number of carbonyl (C=O) groups excluding carboxylic acids is 4. The first kappa shape index (κ1) is 28.1. The Morgan fingerprint density at radius 2 is 1.75 bits per heavy atom. The number of nitrogens with one attached hydrogen (secondary N) is 1. The van der Waals surface area contributed by atoms with Crippen LogP contribution in [-0.4, -0.2) is 54.7 Å². The van der Waals surface area contributed by atoms with Crippen molar-refractivity contribution in [2.45, 2.75) is 31.8 Å². The molecular formula is C23H21F4N2O7-. The molecule has 1 atom stereocenters. The molecule has 0 radical (unpaired) electrons. The number of halogens is 4. The summed E-state index contributed by atoms with van der Waals surface area (Å²) in [6.07, 6.45) is -7.02. The number of hydrogen-bond acceptors (Lipinski definition) is 7. The highest BCUT2D eigenvalue weighted by Gasteiger charge is 2.37. The molecule has 194 valence electrons. The molecule has 0 spiro atoms. The van der Waals surface area contributed by atoms with E-state index in [9.17, 15) is 41.8 Å². The molecule has 2 rings (SSSR count). The summed E-state index contributed by atoms with van der Waals surface area (Å²) in [6.45, 7) is -3.15. The van der Waals surface area contributed by atoms with Crippen LogP contribution in [0.4, 0.5) is 22.4 Å². The van der Waals surface area contributed by atoms with Gasteiger partial charge in [-0.15, -0.1) is 0 Å². The Balaban J connectivity index is 2.28. The van der Waals surface area contributed by atoms with Gasteiger partial charge in [0.05, 0.1) is 19.5 Å². The standard InChI is InChI=1S/C23H22F4N2O7/c1-35-19(30)10-18(28-22(34)36-12-14-5-3-2-4-6-14)20(31)29(13-23(25,26)27)11-16-9-15(21(32)33)7-8-17(16)24/h2-9,18H,10-13H2,1H3,(H,28,34)(H,32,33)/p-1. The number of aromatic carboxylic acids is 1. The number of alkyl halides is 3. The molecule has 9 nitrogen and oxygen atoms in total. The zero-order valence-electron chi connectivity index (χ0n) is 18.8. The van der Waals surface area contributed by atoms with Gasteiger partial charge in [0.25, 0.3) is 0 Å². The van der Waals surface area contributed by atoms with Gasteiger partial charge in [0, 0.05) is 12.1 Å². The number of ether oxygens (including phenoxy) is 2. The minimum atomic E-state index is -4.96. The normalized spacial score (nSPS) is 11.8. The van der Waals surface area contributed by atoms with Crippen molar-refractivity contribution in [1.82, 2.24) is 10.2 Å². The number of carboxylic acids is 1. The minimum Gasteiger partial charge on any atom is -0.545 e. The number of rotatable bonds is 10. The van der Waals surface area contributed by atoms with Crippen LogP contribution in [0.1, 0.15) is 27.9 Å². The first-order valence-corrected chi connectivity index (χ1v) is 10.3. The van der Waals surface area contributed by atoms with Gasteiger partial charge in [-0.2, -0.15) is 13.2 Å². The molecule has 2 aromatic rings. The lowest BCUT2D eigenvalue weighted by Crippen LogP contribution is -2.51. The van der Waals surface area contributed by atoms with Crippen LogP contribution in [0.3, 0.4) is 0 Å². The molecule has 0 bridgehead atoms. The smallest absolute Gasteiger partial charge is 0.408 e. The Morgan fingerprint density at radius 3 is 2.33 bits per heavy atom. The lowest BCUT2D eigenvalue weighted by Gasteiger charge is -2.28. The van der Waals surface area contributed by atoms with Crippen LogP contribution in [0, 0.1) is 5.82 Å². The maximum absolute atomic E-state index is 14.2. The summed E-state index contributed by atoms with van der Waals surface area (Å²) in [5.74, 6) is -5.24. The van der Waals surface area contributed by atoms with Gasteiger partial charge in [-0.05, 0) is 23.3 Å². The van der Waals surface area contributed by atoms with E-state index in [-0.39, 0.29) is 11.5 Å². The van der Waals surface area contributed by atoms with Gasteiger partial charge in [0.1, 0.15) is 25.0 Å². The van der Waals surface area contributed by atoms with Crippen LogP contribution in [0.25, 0.3) is 0 Å². The molecule has 0 saturated heterocycles. The first-order valence-electron chi connectivity index (χ1n) is 10.3. The summed E-state index contributed by atoms with van der Waals surface area (Å²) in [4.78, 5) is 48.2. The van der Waals surface area contributed by atoms with E-state index in [0.717, 1.165) is 19.2 Å². The van der Waals surface area contributed by atoms with Gasteiger partial charge in [-0.1, -0.05) is 36.4 Å². The highest BCUT2D eigenvalue weighted by Crippen LogP contribution is 2.21. The second kappa shape index (κ2) is 12.5. The summed E-state index contributed by atoms with van der Waals surface area (Å²) >= 11 is 0. The molecule has 0 fully saturated rings. The van der Waals surface area contributed by atoms with E-state index in [1.165, 1.54) is 0 Å². The van der Waals surface area contributed by atoms with Crippen LogP contribution in [0.15, 0.2) is 48.5 Å². The van der Waals surface area contributed by atoms with Crippen molar-refractivity contribution in [3.05, 3.63) is 71.0 Å². The van der Waals surface area contributed by atoms with Crippen molar-refractivity contribution in [2.75, 3.05) is 13.7 Å². The summed E-state index contributed by atoms with van der Waals surface area (Å²) in [5, 5.41) is 13.1. The Hall–Kier alpha value is -4.16. The van der Waals surface area contributed by atoms with Crippen molar-refractivity contribution in [3.63, 3.8) is 0 Å². The van der Waals surface area contributed by atoms with Crippen LogP contribution in [0.2, 0.25) is 0 Å². The van der Waals surface area contributed by atoms with Crippen molar-refractivity contribution < 1.29 is 51.3 Å². The second-order valence-corrected chi connectivity index (χ2v) is 7.44.